The van der Waals surface area contributed by atoms with Crippen LogP contribution in [-0.2, 0) is 5.41 Å². The number of anilines is 3. The molecule has 1 aliphatic carbocycles. The predicted molar refractivity (Wildman–Crippen MR) is 258 cm³/mol. The highest BCUT2D eigenvalue weighted by atomic mass is 15.2. The smallest absolute Gasteiger partial charge is 0.221 e. The molecule has 0 aliphatic heterocycles. The fraction of sp³-hybridized carbons (Fsp3) is 0.0526. The van der Waals surface area contributed by atoms with Gasteiger partial charge in [0, 0.05) is 43.6 Å². The van der Waals surface area contributed by atoms with E-state index in [1.165, 1.54) is 27.8 Å². The minimum Gasteiger partial charge on any atom is -0.309 e. The lowest BCUT2D eigenvalue weighted by Gasteiger charge is -2.31. The van der Waals surface area contributed by atoms with E-state index >= 15 is 0 Å². The van der Waals surface area contributed by atoms with E-state index in [1.54, 1.807) is 0 Å². The van der Waals surface area contributed by atoms with Gasteiger partial charge in [-0.05, 0) is 82.4 Å². The molecule has 1 aliphatic rings. The molecule has 0 unspecified atom stereocenters. The maximum absolute atomic E-state index is 5.51. The number of benzene rings is 9. The Bertz CT molecular complexity index is 3800. The molecule has 62 heavy (non-hydrogen) atoms. The van der Waals surface area contributed by atoms with Gasteiger partial charge in [0.25, 0.3) is 0 Å². The predicted octanol–water partition coefficient (Wildman–Crippen LogP) is 14.7. The van der Waals surface area contributed by atoms with Crippen LogP contribution in [0.25, 0.3) is 88.4 Å². The zero-order valence-corrected chi connectivity index (χ0v) is 34.3. The Kier molecular flexibility index (Phi) is 7.29. The minimum absolute atomic E-state index is 0.165. The van der Waals surface area contributed by atoms with Gasteiger partial charge in [-0.15, -0.1) is 0 Å². The van der Waals surface area contributed by atoms with E-state index in [0.29, 0.717) is 0 Å². The van der Waals surface area contributed by atoms with Gasteiger partial charge in [-0.25, -0.2) is 9.97 Å². The standard InChI is InChI=1S/C57H39N5/c1-57(2)46-26-12-8-21-39(46)40-33-32-37(34-47(40)57)60(50-29-15-10-20-38(50)36-18-4-3-5-19-36)53-35-45-42-23-11-16-30-51(42)61(54(45)43-24-7-6-22-41(43)53)56-59-48-27-13-9-25-44(48)55-58-49-28-14-17-31-52(49)62(55)56/h3-35H,1-2H3. The number of para-hydroxylation sites is 5. The summed E-state index contributed by atoms with van der Waals surface area (Å²) in [6.07, 6.45) is 0. The second kappa shape index (κ2) is 13.0. The summed E-state index contributed by atoms with van der Waals surface area (Å²) in [5.41, 5.74) is 16.8. The summed E-state index contributed by atoms with van der Waals surface area (Å²) in [5, 5.41) is 5.61. The largest absolute Gasteiger partial charge is 0.309 e. The molecular formula is C57H39N5. The minimum atomic E-state index is -0.165. The second-order valence-corrected chi connectivity index (χ2v) is 17.0. The maximum Gasteiger partial charge on any atom is 0.221 e. The molecule has 0 spiro atoms. The van der Waals surface area contributed by atoms with Crippen molar-refractivity contribution in [2.45, 2.75) is 19.3 Å². The lowest BCUT2D eigenvalue weighted by molar-refractivity contribution is 0.660. The summed E-state index contributed by atoms with van der Waals surface area (Å²) < 4.78 is 4.63. The molecule has 0 saturated carbocycles. The van der Waals surface area contributed by atoms with Crippen molar-refractivity contribution < 1.29 is 0 Å². The molecule has 13 rings (SSSR count). The van der Waals surface area contributed by atoms with Crippen LogP contribution in [-0.4, -0.2) is 18.9 Å². The van der Waals surface area contributed by atoms with Gasteiger partial charge in [0.1, 0.15) is 5.65 Å². The summed E-state index contributed by atoms with van der Waals surface area (Å²) in [6, 6.07) is 72.5. The quantitative estimate of drug-likeness (QED) is 0.174. The monoisotopic (exact) mass is 793 g/mol. The number of hydrogen-bond acceptors (Lipinski definition) is 3. The highest BCUT2D eigenvalue weighted by Crippen LogP contribution is 2.53. The molecule has 12 aromatic rings. The first kappa shape index (κ1) is 34.8. The van der Waals surface area contributed by atoms with E-state index < -0.39 is 0 Å². The second-order valence-electron chi connectivity index (χ2n) is 17.0. The number of nitrogens with zero attached hydrogens (tertiary/aromatic N) is 5. The van der Waals surface area contributed by atoms with Crippen molar-refractivity contribution in [2.24, 2.45) is 0 Å². The van der Waals surface area contributed by atoms with Gasteiger partial charge < -0.3 is 4.90 Å². The van der Waals surface area contributed by atoms with Crippen LogP contribution < -0.4 is 4.90 Å². The Morgan fingerprint density at radius 2 is 1.06 bits per heavy atom. The average molecular weight is 794 g/mol. The molecule has 3 heterocycles. The van der Waals surface area contributed by atoms with Gasteiger partial charge in [0.05, 0.1) is 39.0 Å². The van der Waals surface area contributed by atoms with Crippen LogP contribution in [0.4, 0.5) is 17.1 Å². The molecule has 5 heteroatoms. The zero-order valence-electron chi connectivity index (χ0n) is 34.3. The van der Waals surface area contributed by atoms with Gasteiger partial charge >= 0.3 is 0 Å². The van der Waals surface area contributed by atoms with Crippen LogP contribution in [0.5, 0.6) is 0 Å². The Hall–Kier alpha value is -8.02. The average Bonchev–Trinajstić information content (AvgIpc) is 3.96. The highest BCUT2D eigenvalue weighted by molar-refractivity contribution is 6.23. The molecule has 0 radical (unpaired) electrons. The number of fused-ring (bicyclic) bond motifs is 13. The summed E-state index contributed by atoms with van der Waals surface area (Å²) in [5.74, 6) is 0.809. The fourth-order valence-corrected chi connectivity index (χ4v) is 10.4. The van der Waals surface area contributed by atoms with Crippen LogP contribution in [0.1, 0.15) is 25.0 Å². The summed E-state index contributed by atoms with van der Waals surface area (Å²) in [7, 11) is 0. The van der Waals surface area contributed by atoms with E-state index in [2.05, 4.69) is 228 Å². The third-order valence-corrected chi connectivity index (χ3v) is 13.3. The first-order valence-corrected chi connectivity index (χ1v) is 21.3. The SMILES string of the molecule is CC1(C)c2ccccc2-c2ccc(N(c3ccccc3-c3ccccc3)c3cc4c5ccccc5n(-c5nc6ccccc6c6nc7ccccc7n56)c4c4ccccc34)cc21. The number of aromatic nitrogens is 4. The van der Waals surface area contributed by atoms with E-state index in [4.69, 9.17) is 9.97 Å². The molecule has 5 nitrogen and oxygen atoms in total. The number of rotatable bonds is 5. The molecular weight excluding hydrogens is 755 g/mol. The van der Waals surface area contributed by atoms with Gasteiger partial charge in [-0.3, -0.25) is 8.97 Å². The maximum atomic E-state index is 5.51. The van der Waals surface area contributed by atoms with Crippen molar-refractivity contribution in [3.8, 4) is 28.2 Å². The van der Waals surface area contributed by atoms with Crippen LogP contribution in [0.15, 0.2) is 200 Å². The molecule has 0 atom stereocenters. The Labute approximate surface area is 358 Å². The highest BCUT2D eigenvalue weighted by Gasteiger charge is 2.36. The first-order valence-electron chi connectivity index (χ1n) is 21.3. The van der Waals surface area contributed by atoms with Crippen molar-refractivity contribution in [1.82, 2.24) is 18.9 Å². The fourth-order valence-electron chi connectivity index (χ4n) is 10.4. The lowest BCUT2D eigenvalue weighted by atomic mass is 9.82. The molecule has 0 N–H and O–H groups in total. The first-order chi connectivity index (χ1) is 30.5. The molecule has 0 fully saturated rings. The third-order valence-electron chi connectivity index (χ3n) is 13.3. The van der Waals surface area contributed by atoms with Crippen molar-refractivity contribution in [3.05, 3.63) is 211 Å². The zero-order chi connectivity index (χ0) is 41.1. The van der Waals surface area contributed by atoms with E-state index in [1.807, 2.05) is 0 Å². The Balaban J connectivity index is 1.16. The van der Waals surface area contributed by atoms with Crippen LogP contribution in [0.3, 0.4) is 0 Å². The Morgan fingerprint density at radius 3 is 1.90 bits per heavy atom. The Morgan fingerprint density at radius 1 is 0.435 bits per heavy atom. The van der Waals surface area contributed by atoms with Crippen molar-refractivity contribution in [1.29, 1.82) is 0 Å². The lowest BCUT2D eigenvalue weighted by Crippen LogP contribution is -2.17. The topological polar surface area (TPSA) is 38.4 Å². The van der Waals surface area contributed by atoms with Crippen molar-refractivity contribution >= 4 is 77.2 Å². The third kappa shape index (κ3) is 4.85. The van der Waals surface area contributed by atoms with Gasteiger partial charge in [-0.1, -0.05) is 159 Å². The van der Waals surface area contributed by atoms with Crippen LogP contribution >= 0.6 is 0 Å². The van der Waals surface area contributed by atoms with Crippen LogP contribution in [0.2, 0.25) is 0 Å². The summed E-state index contributed by atoms with van der Waals surface area (Å²) in [6.45, 7) is 4.72. The molecule has 9 aromatic carbocycles. The normalized spacial score (nSPS) is 13.1. The molecule has 3 aromatic heterocycles. The van der Waals surface area contributed by atoms with Crippen molar-refractivity contribution in [2.75, 3.05) is 4.90 Å². The van der Waals surface area contributed by atoms with Gasteiger partial charge in [0.2, 0.25) is 5.95 Å². The number of hydrogen-bond donors (Lipinski definition) is 0. The molecule has 292 valence electrons. The molecule has 0 saturated heterocycles. The van der Waals surface area contributed by atoms with E-state index in [-0.39, 0.29) is 5.41 Å². The van der Waals surface area contributed by atoms with Crippen molar-refractivity contribution in [3.63, 3.8) is 0 Å². The number of imidazole rings is 1. The molecule has 0 amide bonds. The van der Waals surface area contributed by atoms with Gasteiger partial charge in [0.15, 0.2) is 0 Å². The van der Waals surface area contributed by atoms with Gasteiger partial charge in [-0.2, -0.15) is 0 Å². The summed E-state index contributed by atoms with van der Waals surface area (Å²) in [4.78, 5) is 13.2. The summed E-state index contributed by atoms with van der Waals surface area (Å²) >= 11 is 0. The van der Waals surface area contributed by atoms with E-state index in [9.17, 15) is 0 Å². The van der Waals surface area contributed by atoms with Crippen LogP contribution in [0, 0.1) is 0 Å². The molecule has 0 bridgehead atoms. The van der Waals surface area contributed by atoms with E-state index in [0.717, 1.165) is 88.7 Å².